The van der Waals surface area contributed by atoms with Crippen molar-refractivity contribution in [3.63, 3.8) is 0 Å². The van der Waals surface area contributed by atoms with Gasteiger partial charge in [0.25, 0.3) is 0 Å². The number of carbonyl (C=O) groups is 2. The standard InChI is InChI=1S/C22H18ClNO4/c23-15-7-4-8-16(11-15)24-13-22-10-9-17(28-22)18(19(22)20(24)25)21(26)27-12-14-5-2-1-3-6-14/h1-11,17-19H,12-13H2/t17-,18+,19-,22+/m0/s1. The van der Waals surface area contributed by atoms with Crippen LogP contribution in [0.2, 0.25) is 5.02 Å². The Kier molecular flexibility index (Phi) is 4.03. The predicted molar refractivity (Wildman–Crippen MR) is 104 cm³/mol. The van der Waals surface area contributed by atoms with Gasteiger partial charge in [-0.05, 0) is 23.8 Å². The Morgan fingerprint density at radius 2 is 2.04 bits per heavy atom. The normalized spacial score (nSPS) is 30.0. The van der Waals surface area contributed by atoms with E-state index in [1.165, 1.54) is 0 Å². The van der Waals surface area contributed by atoms with Gasteiger partial charge in [-0.1, -0.05) is 60.2 Å². The second kappa shape index (κ2) is 6.47. The number of rotatable bonds is 4. The molecule has 142 valence electrons. The van der Waals surface area contributed by atoms with E-state index in [0.29, 0.717) is 17.3 Å². The molecule has 0 radical (unpaired) electrons. The van der Waals surface area contributed by atoms with Gasteiger partial charge in [-0.15, -0.1) is 0 Å². The van der Waals surface area contributed by atoms with Gasteiger partial charge in [0, 0.05) is 10.7 Å². The van der Waals surface area contributed by atoms with Crippen molar-refractivity contribution in [2.75, 3.05) is 11.4 Å². The van der Waals surface area contributed by atoms with E-state index in [-0.39, 0.29) is 12.5 Å². The molecular weight excluding hydrogens is 378 g/mol. The third kappa shape index (κ3) is 2.65. The molecule has 5 rings (SSSR count). The van der Waals surface area contributed by atoms with Crippen molar-refractivity contribution < 1.29 is 19.1 Å². The summed E-state index contributed by atoms with van der Waals surface area (Å²) in [6.07, 6.45) is 3.38. The first-order valence-electron chi connectivity index (χ1n) is 9.22. The Hall–Kier alpha value is -2.63. The summed E-state index contributed by atoms with van der Waals surface area (Å²) >= 11 is 6.09. The van der Waals surface area contributed by atoms with Crippen LogP contribution in [-0.4, -0.2) is 30.1 Å². The van der Waals surface area contributed by atoms with E-state index < -0.39 is 29.5 Å². The molecule has 2 bridgehead atoms. The van der Waals surface area contributed by atoms with Crippen LogP contribution in [0.15, 0.2) is 66.7 Å². The highest BCUT2D eigenvalue weighted by Gasteiger charge is 2.67. The van der Waals surface area contributed by atoms with Crippen molar-refractivity contribution in [1.82, 2.24) is 0 Å². The molecule has 2 aromatic rings. The van der Waals surface area contributed by atoms with Crippen molar-refractivity contribution in [2.24, 2.45) is 11.8 Å². The zero-order chi connectivity index (χ0) is 19.3. The van der Waals surface area contributed by atoms with Crippen molar-refractivity contribution in [2.45, 2.75) is 18.3 Å². The van der Waals surface area contributed by atoms with Gasteiger partial charge >= 0.3 is 5.97 Å². The zero-order valence-electron chi connectivity index (χ0n) is 15.0. The second-order valence-electron chi connectivity index (χ2n) is 7.40. The van der Waals surface area contributed by atoms with Gasteiger partial charge in [-0.2, -0.15) is 0 Å². The van der Waals surface area contributed by atoms with E-state index in [4.69, 9.17) is 21.1 Å². The predicted octanol–water partition coefficient (Wildman–Crippen LogP) is 3.37. The van der Waals surface area contributed by atoms with E-state index >= 15 is 0 Å². The van der Waals surface area contributed by atoms with Gasteiger partial charge < -0.3 is 14.4 Å². The van der Waals surface area contributed by atoms with Crippen molar-refractivity contribution in [1.29, 1.82) is 0 Å². The SMILES string of the molecule is O=C(OCc1ccccc1)[C@@H]1[C@@H]2C=C[C@]3(CN(c4cccc(Cl)c4)C(=O)[C@H]13)O2. The summed E-state index contributed by atoms with van der Waals surface area (Å²) < 4.78 is 11.6. The van der Waals surface area contributed by atoms with Crippen LogP contribution in [0, 0.1) is 11.8 Å². The maximum atomic E-state index is 13.2. The summed E-state index contributed by atoms with van der Waals surface area (Å²) in [6, 6.07) is 16.6. The number of amides is 1. The summed E-state index contributed by atoms with van der Waals surface area (Å²) in [4.78, 5) is 27.7. The van der Waals surface area contributed by atoms with Crippen LogP contribution >= 0.6 is 11.6 Å². The monoisotopic (exact) mass is 395 g/mol. The lowest BCUT2D eigenvalue weighted by molar-refractivity contribution is -0.153. The number of hydrogen-bond donors (Lipinski definition) is 0. The number of carbonyl (C=O) groups excluding carboxylic acids is 2. The van der Waals surface area contributed by atoms with Gasteiger partial charge in [0.05, 0.1) is 18.6 Å². The molecule has 6 heteroatoms. The third-order valence-corrected chi connectivity index (χ3v) is 5.95. The van der Waals surface area contributed by atoms with Gasteiger partial charge in [-0.3, -0.25) is 9.59 Å². The van der Waals surface area contributed by atoms with Crippen LogP contribution in [0.25, 0.3) is 0 Å². The molecule has 1 amide bonds. The molecule has 5 nitrogen and oxygen atoms in total. The van der Waals surface area contributed by atoms with E-state index in [9.17, 15) is 9.59 Å². The first kappa shape index (κ1) is 17.5. The Bertz CT molecular complexity index is 976. The fourth-order valence-corrected chi connectivity index (χ4v) is 4.64. The number of ether oxygens (including phenoxy) is 2. The van der Waals surface area contributed by atoms with Crippen LogP contribution in [0.3, 0.4) is 0 Å². The maximum absolute atomic E-state index is 13.2. The first-order chi connectivity index (χ1) is 13.6. The summed E-state index contributed by atoms with van der Waals surface area (Å²) in [5.41, 5.74) is 0.835. The topological polar surface area (TPSA) is 55.8 Å². The fourth-order valence-electron chi connectivity index (χ4n) is 4.45. The van der Waals surface area contributed by atoms with E-state index in [2.05, 4.69) is 0 Å². The lowest BCUT2D eigenvalue weighted by Gasteiger charge is -2.22. The summed E-state index contributed by atoms with van der Waals surface area (Å²) in [5, 5.41) is 0.555. The Balaban J connectivity index is 1.39. The highest BCUT2D eigenvalue weighted by atomic mass is 35.5. The Labute approximate surface area is 167 Å². The molecule has 0 saturated carbocycles. The van der Waals surface area contributed by atoms with Crippen LogP contribution in [0.5, 0.6) is 0 Å². The molecule has 28 heavy (non-hydrogen) atoms. The average molecular weight is 396 g/mol. The minimum atomic E-state index is -0.777. The van der Waals surface area contributed by atoms with Gasteiger partial charge in [0.15, 0.2) is 0 Å². The summed E-state index contributed by atoms with van der Waals surface area (Å²) in [7, 11) is 0. The fraction of sp³-hybridized carbons (Fsp3) is 0.273. The van der Waals surface area contributed by atoms with Gasteiger partial charge in [0.1, 0.15) is 18.1 Å². The van der Waals surface area contributed by atoms with Crippen LogP contribution in [0.4, 0.5) is 5.69 Å². The lowest BCUT2D eigenvalue weighted by Crippen LogP contribution is -2.40. The molecule has 2 aromatic carbocycles. The summed E-state index contributed by atoms with van der Waals surface area (Å²) in [5.74, 6) is -1.74. The smallest absolute Gasteiger partial charge is 0.313 e. The van der Waals surface area contributed by atoms with Crippen LogP contribution < -0.4 is 4.90 Å². The van der Waals surface area contributed by atoms with Gasteiger partial charge in [-0.25, -0.2) is 0 Å². The molecule has 0 N–H and O–H groups in total. The molecule has 2 saturated heterocycles. The Morgan fingerprint density at radius 3 is 2.82 bits per heavy atom. The van der Waals surface area contributed by atoms with Crippen molar-refractivity contribution in [3.8, 4) is 0 Å². The molecule has 0 aromatic heterocycles. The Morgan fingerprint density at radius 1 is 1.21 bits per heavy atom. The molecule has 3 heterocycles. The molecule has 3 aliphatic heterocycles. The van der Waals surface area contributed by atoms with Gasteiger partial charge in [0.2, 0.25) is 5.91 Å². The minimum absolute atomic E-state index is 0.129. The highest BCUT2D eigenvalue weighted by Crippen LogP contribution is 2.53. The van der Waals surface area contributed by atoms with E-state index in [1.807, 2.05) is 48.6 Å². The average Bonchev–Trinajstić information content (AvgIpc) is 3.35. The van der Waals surface area contributed by atoms with Crippen LogP contribution in [-0.2, 0) is 25.7 Å². The van der Waals surface area contributed by atoms with E-state index in [0.717, 1.165) is 5.56 Å². The summed E-state index contributed by atoms with van der Waals surface area (Å²) in [6.45, 7) is 0.546. The largest absolute Gasteiger partial charge is 0.460 e. The molecule has 3 aliphatic rings. The van der Waals surface area contributed by atoms with Crippen LogP contribution in [0.1, 0.15) is 5.56 Å². The number of fused-ring (bicyclic) bond motifs is 1. The lowest BCUT2D eigenvalue weighted by atomic mass is 9.77. The number of halogens is 1. The minimum Gasteiger partial charge on any atom is -0.460 e. The number of anilines is 1. The maximum Gasteiger partial charge on any atom is 0.313 e. The number of esters is 1. The number of benzene rings is 2. The molecule has 0 aliphatic carbocycles. The number of hydrogen-bond acceptors (Lipinski definition) is 4. The molecule has 2 fully saturated rings. The molecule has 1 spiro atoms. The molecular formula is C22H18ClNO4. The molecule has 0 unspecified atom stereocenters. The zero-order valence-corrected chi connectivity index (χ0v) is 15.7. The second-order valence-corrected chi connectivity index (χ2v) is 7.83. The molecule has 4 atom stereocenters. The third-order valence-electron chi connectivity index (χ3n) is 5.72. The van der Waals surface area contributed by atoms with E-state index in [1.54, 1.807) is 23.1 Å². The van der Waals surface area contributed by atoms with Crippen molar-refractivity contribution >= 4 is 29.2 Å². The quantitative estimate of drug-likeness (QED) is 0.588. The van der Waals surface area contributed by atoms with Crippen molar-refractivity contribution in [3.05, 3.63) is 77.3 Å². The first-order valence-corrected chi connectivity index (χ1v) is 9.60. The number of nitrogens with zero attached hydrogens (tertiary/aromatic N) is 1. The highest BCUT2D eigenvalue weighted by molar-refractivity contribution is 6.31.